The van der Waals surface area contributed by atoms with Crippen LogP contribution >= 0.6 is 0 Å². The SMILES string of the molecule is CCC1(CC)CC(C)(CC)C(=O)O1. The van der Waals surface area contributed by atoms with Crippen molar-refractivity contribution in [2.45, 2.75) is 59.0 Å². The number of hydrogen-bond acceptors (Lipinski definition) is 2. The van der Waals surface area contributed by atoms with E-state index in [9.17, 15) is 4.79 Å². The molecule has 1 unspecified atom stereocenters. The summed E-state index contributed by atoms with van der Waals surface area (Å²) in [7, 11) is 0. The Balaban J connectivity index is 2.85. The number of esters is 1. The van der Waals surface area contributed by atoms with Gasteiger partial charge in [-0.1, -0.05) is 20.8 Å². The second-order valence-corrected chi connectivity index (χ2v) is 4.37. The standard InChI is InChI=1S/C11H20O2/c1-5-10(4)8-11(6-2,7-3)13-9(10)12/h5-8H2,1-4H3. The minimum Gasteiger partial charge on any atom is -0.459 e. The van der Waals surface area contributed by atoms with Crippen molar-refractivity contribution < 1.29 is 9.53 Å². The Morgan fingerprint density at radius 1 is 1.23 bits per heavy atom. The van der Waals surface area contributed by atoms with Gasteiger partial charge in [0.05, 0.1) is 5.41 Å². The molecule has 0 amide bonds. The van der Waals surface area contributed by atoms with Crippen molar-refractivity contribution in [3.05, 3.63) is 0 Å². The van der Waals surface area contributed by atoms with Crippen molar-refractivity contribution in [1.29, 1.82) is 0 Å². The summed E-state index contributed by atoms with van der Waals surface area (Å²) in [6.45, 7) is 8.27. The summed E-state index contributed by atoms with van der Waals surface area (Å²) in [6, 6.07) is 0. The van der Waals surface area contributed by atoms with Crippen LogP contribution in [0.1, 0.15) is 53.4 Å². The number of rotatable bonds is 3. The van der Waals surface area contributed by atoms with Gasteiger partial charge in [-0.05, 0) is 26.2 Å². The first kappa shape index (κ1) is 10.6. The number of ether oxygens (including phenoxy) is 1. The van der Waals surface area contributed by atoms with E-state index in [0.717, 1.165) is 25.7 Å². The zero-order chi connectivity index (χ0) is 10.1. The Morgan fingerprint density at radius 3 is 2.00 bits per heavy atom. The van der Waals surface area contributed by atoms with Crippen LogP contribution in [0.15, 0.2) is 0 Å². The molecule has 0 N–H and O–H groups in total. The van der Waals surface area contributed by atoms with Crippen LogP contribution in [0, 0.1) is 5.41 Å². The molecular formula is C11H20O2. The highest BCUT2D eigenvalue weighted by molar-refractivity contribution is 5.79. The molecular weight excluding hydrogens is 164 g/mol. The highest BCUT2D eigenvalue weighted by Gasteiger charge is 2.51. The third-order valence-electron chi connectivity index (χ3n) is 3.58. The minimum absolute atomic E-state index is 0.00120. The van der Waals surface area contributed by atoms with Gasteiger partial charge >= 0.3 is 5.97 Å². The molecule has 1 fully saturated rings. The van der Waals surface area contributed by atoms with Gasteiger partial charge < -0.3 is 4.74 Å². The molecule has 1 saturated heterocycles. The van der Waals surface area contributed by atoms with Crippen LogP contribution in [0.25, 0.3) is 0 Å². The monoisotopic (exact) mass is 184 g/mol. The molecule has 0 aliphatic carbocycles. The number of carbonyl (C=O) groups excluding carboxylic acids is 1. The topological polar surface area (TPSA) is 26.3 Å². The van der Waals surface area contributed by atoms with E-state index in [1.807, 2.05) is 6.92 Å². The minimum atomic E-state index is -0.230. The molecule has 76 valence electrons. The molecule has 2 nitrogen and oxygen atoms in total. The summed E-state index contributed by atoms with van der Waals surface area (Å²) in [5, 5.41) is 0. The molecule has 0 aromatic carbocycles. The second kappa shape index (κ2) is 3.32. The summed E-state index contributed by atoms with van der Waals surface area (Å²) in [5.74, 6) is -0.00120. The summed E-state index contributed by atoms with van der Waals surface area (Å²) < 4.78 is 5.51. The van der Waals surface area contributed by atoms with Crippen LogP contribution in [0.5, 0.6) is 0 Å². The van der Waals surface area contributed by atoms with Gasteiger partial charge in [0.2, 0.25) is 0 Å². The zero-order valence-corrected chi connectivity index (χ0v) is 9.14. The van der Waals surface area contributed by atoms with Gasteiger partial charge in [0.1, 0.15) is 5.60 Å². The third kappa shape index (κ3) is 1.59. The average Bonchev–Trinajstić information content (AvgIpc) is 2.41. The van der Waals surface area contributed by atoms with Crippen molar-refractivity contribution in [3.8, 4) is 0 Å². The predicted octanol–water partition coefficient (Wildman–Crippen LogP) is 2.91. The number of cyclic esters (lactones) is 1. The van der Waals surface area contributed by atoms with Crippen molar-refractivity contribution in [2.24, 2.45) is 5.41 Å². The smallest absolute Gasteiger partial charge is 0.312 e. The molecule has 0 bridgehead atoms. The fourth-order valence-electron chi connectivity index (χ4n) is 2.05. The van der Waals surface area contributed by atoms with Gasteiger partial charge in [-0.25, -0.2) is 0 Å². The molecule has 0 spiro atoms. The Morgan fingerprint density at radius 2 is 1.77 bits per heavy atom. The molecule has 1 aliphatic heterocycles. The lowest BCUT2D eigenvalue weighted by atomic mass is 9.78. The fraction of sp³-hybridized carbons (Fsp3) is 0.909. The maximum absolute atomic E-state index is 11.6. The highest BCUT2D eigenvalue weighted by atomic mass is 16.6. The summed E-state index contributed by atoms with van der Waals surface area (Å²) in [4.78, 5) is 11.6. The van der Waals surface area contributed by atoms with E-state index in [2.05, 4.69) is 20.8 Å². The largest absolute Gasteiger partial charge is 0.459 e. The summed E-state index contributed by atoms with van der Waals surface area (Å²) >= 11 is 0. The lowest BCUT2D eigenvalue weighted by Gasteiger charge is -2.25. The van der Waals surface area contributed by atoms with Gasteiger partial charge in [-0.3, -0.25) is 4.79 Å². The van der Waals surface area contributed by atoms with Gasteiger partial charge in [-0.15, -0.1) is 0 Å². The fourth-order valence-corrected chi connectivity index (χ4v) is 2.05. The van der Waals surface area contributed by atoms with Gasteiger partial charge in [0.15, 0.2) is 0 Å². The lowest BCUT2D eigenvalue weighted by molar-refractivity contribution is -0.154. The molecule has 0 radical (unpaired) electrons. The van der Waals surface area contributed by atoms with E-state index >= 15 is 0 Å². The maximum atomic E-state index is 11.6. The zero-order valence-electron chi connectivity index (χ0n) is 9.14. The highest BCUT2D eigenvalue weighted by Crippen LogP contribution is 2.45. The van der Waals surface area contributed by atoms with Crippen LogP contribution in [-0.4, -0.2) is 11.6 Å². The average molecular weight is 184 g/mol. The van der Waals surface area contributed by atoms with Gasteiger partial charge in [-0.2, -0.15) is 0 Å². The third-order valence-corrected chi connectivity index (χ3v) is 3.58. The van der Waals surface area contributed by atoms with Gasteiger partial charge in [0, 0.05) is 6.42 Å². The first-order chi connectivity index (χ1) is 6.02. The van der Waals surface area contributed by atoms with Crippen LogP contribution in [-0.2, 0) is 9.53 Å². The molecule has 0 aromatic heterocycles. The van der Waals surface area contributed by atoms with Crippen molar-refractivity contribution in [3.63, 3.8) is 0 Å². The van der Waals surface area contributed by atoms with Gasteiger partial charge in [0.25, 0.3) is 0 Å². The number of carbonyl (C=O) groups is 1. The molecule has 1 aliphatic rings. The molecule has 2 heteroatoms. The first-order valence-electron chi connectivity index (χ1n) is 5.25. The molecule has 1 atom stereocenters. The van der Waals surface area contributed by atoms with E-state index in [4.69, 9.17) is 4.74 Å². The Labute approximate surface area is 80.7 Å². The first-order valence-corrected chi connectivity index (χ1v) is 5.25. The van der Waals surface area contributed by atoms with E-state index in [1.165, 1.54) is 0 Å². The molecule has 0 saturated carbocycles. The Hall–Kier alpha value is -0.530. The summed E-state index contributed by atoms with van der Waals surface area (Å²) in [6.07, 6.45) is 3.64. The molecule has 13 heavy (non-hydrogen) atoms. The predicted molar refractivity (Wildman–Crippen MR) is 52.4 cm³/mol. The Bertz CT molecular complexity index is 206. The van der Waals surface area contributed by atoms with Crippen molar-refractivity contribution in [2.75, 3.05) is 0 Å². The van der Waals surface area contributed by atoms with Crippen molar-refractivity contribution >= 4 is 5.97 Å². The molecule has 0 aromatic rings. The van der Waals surface area contributed by atoms with E-state index in [1.54, 1.807) is 0 Å². The van der Waals surface area contributed by atoms with E-state index < -0.39 is 0 Å². The molecule has 1 rings (SSSR count). The van der Waals surface area contributed by atoms with Crippen LogP contribution in [0.3, 0.4) is 0 Å². The van der Waals surface area contributed by atoms with Crippen LogP contribution < -0.4 is 0 Å². The Kier molecular flexibility index (Phi) is 2.69. The maximum Gasteiger partial charge on any atom is 0.312 e. The van der Waals surface area contributed by atoms with Crippen LogP contribution in [0.4, 0.5) is 0 Å². The normalized spacial score (nSPS) is 31.8. The van der Waals surface area contributed by atoms with Crippen molar-refractivity contribution in [1.82, 2.24) is 0 Å². The number of hydrogen-bond donors (Lipinski definition) is 0. The molecule has 1 heterocycles. The quantitative estimate of drug-likeness (QED) is 0.630. The summed E-state index contributed by atoms with van der Waals surface area (Å²) in [5.41, 5.74) is -0.395. The van der Waals surface area contributed by atoms with Crippen LogP contribution in [0.2, 0.25) is 0 Å². The van der Waals surface area contributed by atoms with E-state index in [-0.39, 0.29) is 17.0 Å². The lowest BCUT2D eigenvalue weighted by Crippen LogP contribution is -2.26. The second-order valence-electron chi connectivity index (χ2n) is 4.37. The van der Waals surface area contributed by atoms with E-state index in [0.29, 0.717) is 0 Å².